The number of hydrogen-bond donors (Lipinski definition) is 2. The van der Waals surface area contributed by atoms with Crippen LogP contribution in [0.5, 0.6) is 0 Å². The fourth-order valence-electron chi connectivity index (χ4n) is 2.15. The van der Waals surface area contributed by atoms with Crippen molar-refractivity contribution >= 4 is 17.6 Å². The number of carbonyl (C=O) groups excluding carboxylic acids is 2. The smallest absolute Gasteiger partial charge is 0.337 e. The van der Waals surface area contributed by atoms with E-state index in [1.807, 2.05) is 19.1 Å². The molecule has 0 fully saturated rings. The number of benzene rings is 1. The lowest BCUT2D eigenvalue weighted by Gasteiger charge is -2.13. The third kappa shape index (κ3) is 3.05. The summed E-state index contributed by atoms with van der Waals surface area (Å²) in [5, 5.41) is 2.84. The first kappa shape index (κ1) is 14.3. The van der Waals surface area contributed by atoms with E-state index in [-0.39, 0.29) is 17.9 Å². The molecule has 2 atom stereocenters. The molecule has 20 heavy (non-hydrogen) atoms. The highest BCUT2D eigenvalue weighted by molar-refractivity contribution is 5.97. The van der Waals surface area contributed by atoms with Gasteiger partial charge in [0.1, 0.15) is 0 Å². The van der Waals surface area contributed by atoms with Gasteiger partial charge >= 0.3 is 5.97 Å². The Labute approximate surface area is 117 Å². The molecular weight excluding hydrogens is 256 g/mol. The summed E-state index contributed by atoms with van der Waals surface area (Å²) in [5.41, 5.74) is 7.65. The molecule has 0 spiro atoms. The molecule has 1 aliphatic carbocycles. The normalized spacial score (nSPS) is 20.8. The summed E-state index contributed by atoms with van der Waals surface area (Å²) in [5.74, 6) is -0.756. The molecule has 0 saturated carbocycles. The van der Waals surface area contributed by atoms with E-state index in [4.69, 9.17) is 5.73 Å². The molecule has 106 valence electrons. The molecule has 0 heterocycles. The van der Waals surface area contributed by atoms with Gasteiger partial charge in [0, 0.05) is 11.7 Å². The quantitative estimate of drug-likeness (QED) is 0.648. The number of anilines is 1. The third-order valence-electron chi connectivity index (χ3n) is 3.37. The van der Waals surface area contributed by atoms with Crippen LogP contribution in [0.25, 0.3) is 0 Å². The van der Waals surface area contributed by atoms with Crippen LogP contribution in [0.15, 0.2) is 30.4 Å². The zero-order chi connectivity index (χ0) is 14.7. The molecular formula is C15H18N2O3. The van der Waals surface area contributed by atoms with Crippen LogP contribution >= 0.6 is 0 Å². The van der Waals surface area contributed by atoms with Crippen molar-refractivity contribution in [3.05, 3.63) is 41.5 Å². The summed E-state index contributed by atoms with van der Waals surface area (Å²) >= 11 is 0. The minimum atomic E-state index is -0.428. The summed E-state index contributed by atoms with van der Waals surface area (Å²) in [4.78, 5) is 23.6. The monoisotopic (exact) mass is 274 g/mol. The van der Waals surface area contributed by atoms with Crippen molar-refractivity contribution in [2.45, 2.75) is 19.4 Å². The number of aryl methyl sites for hydroxylation is 1. The van der Waals surface area contributed by atoms with Gasteiger partial charge < -0.3 is 15.8 Å². The Hall–Kier alpha value is -2.14. The number of esters is 1. The summed E-state index contributed by atoms with van der Waals surface area (Å²) in [6.45, 7) is 1.87. The number of ether oxygens (including phenoxy) is 1. The number of hydrogen-bond acceptors (Lipinski definition) is 4. The van der Waals surface area contributed by atoms with Gasteiger partial charge in [-0.25, -0.2) is 4.79 Å². The molecule has 2 unspecified atom stereocenters. The zero-order valence-corrected chi connectivity index (χ0v) is 11.6. The van der Waals surface area contributed by atoms with E-state index in [0.717, 1.165) is 5.56 Å². The van der Waals surface area contributed by atoms with Crippen LogP contribution < -0.4 is 11.1 Å². The average Bonchev–Trinajstić information content (AvgIpc) is 2.87. The van der Waals surface area contributed by atoms with Crippen LogP contribution in [-0.4, -0.2) is 25.0 Å². The molecule has 1 aliphatic rings. The van der Waals surface area contributed by atoms with E-state index in [1.165, 1.54) is 7.11 Å². The van der Waals surface area contributed by atoms with E-state index in [0.29, 0.717) is 17.7 Å². The van der Waals surface area contributed by atoms with E-state index < -0.39 is 5.97 Å². The second-order valence-corrected chi connectivity index (χ2v) is 4.90. The van der Waals surface area contributed by atoms with Gasteiger partial charge in [0.25, 0.3) is 0 Å². The lowest BCUT2D eigenvalue weighted by molar-refractivity contribution is -0.118. The lowest BCUT2D eigenvalue weighted by atomic mass is 10.1. The van der Waals surface area contributed by atoms with Crippen molar-refractivity contribution in [1.82, 2.24) is 0 Å². The van der Waals surface area contributed by atoms with Gasteiger partial charge in [0.15, 0.2) is 0 Å². The van der Waals surface area contributed by atoms with E-state index in [2.05, 4.69) is 10.1 Å². The maximum atomic E-state index is 12.1. The molecule has 1 aromatic carbocycles. The van der Waals surface area contributed by atoms with Gasteiger partial charge in [0.2, 0.25) is 5.91 Å². The van der Waals surface area contributed by atoms with Crippen molar-refractivity contribution in [3.8, 4) is 0 Å². The second-order valence-electron chi connectivity index (χ2n) is 4.90. The number of nitrogens with two attached hydrogens (primary N) is 1. The van der Waals surface area contributed by atoms with Crippen LogP contribution in [0.2, 0.25) is 0 Å². The summed E-state index contributed by atoms with van der Waals surface area (Å²) in [6.07, 6.45) is 4.27. The zero-order valence-electron chi connectivity index (χ0n) is 11.6. The molecule has 1 aromatic rings. The van der Waals surface area contributed by atoms with Gasteiger partial charge in [0.05, 0.1) is 18.6 Å². The number of nitrogens with one attached hydrogen (secondary N) is 1. The van der Waals surface area contributed by atoms with Gasteiger partial charge in [-0.1, -0.05) is 18.2 Å². The van der Waals surface area contributed by atoms with E-state index >= 15 is 0 Å². The Morgan fingerprint density at radius 1 is 1.35 bits per heavy atom. The maximum Gasteiger partial charge on any atom is 0.337 e. The number of amides is 1. The maximum absolute atomic E-state index is 12.1. The topological polar surface area (TPSA) is 81.4 Å². The van der Waals surface area contributed by atoms with Crippen molar-refractivity contribution in [2.75, 3.05) is 12.4 Å². The predicted molar refractivity (Wildman–Crippen MR) is 76.4 cm³/mol. The van der Waals surface area contributed by atoms with Crippen molar-refractivity contribution < 1.29 is 14.3 Å². The fraction of sp³-hybridized carbons (Fsp3) is 0.333. The van der Waals surface area contributed by atoms with Gasteiger partial charge in [-0.15, -0.1) is 0 Å². The van der Waals surface area contributed by atoms with Crippen LogP contribution in [-0.2, 0) is 9.53 Å². The summed E-state index contributed by atoms with van der Waals surface area (Å²) < 4.78 is 4.67. The second kappa shape index (κ2) is 5.88. The molecule has 3 N–H and O–H groups in total. The largest absolute Gasteiger partial charge is 0.465 e. The molecule has 0 bridgehead atoms. The van der Waals surface area contributed by atoms with Gasteiger partial charge in [-0.05, 0) is 31.0 Å². The molecule has 5 heteroatoms. The van der Waals surface area contributed by atoms with Crippen LogP contribution in [0.1, 0.15) is 22.3 Å². The Morgan fingerprint density at radius 2 is 2.10 bits per heavy atom. The molecule has 0 radical (unpaired) electrons. The van der Waals surface area contributed by atoms with Gasteiger partial charge in [-0.3, -0.25) is 4.79 Å². The predicted octanol–water partition coefficient (Wildman–Crippen LogP) is 1.62. The van der Waals surface area contributed by atoms with E-state index in [9.17, 15) is 9.59 Å². The standard InChI is InChI=1S/C15H18N2O3/c1-9-3-4-11(15(19)20-2)8-13(9)17-14(18)10-5-6-12(16)7-10/h3-6,8,10,12H,7,16H2,1-2H3,(H,17,18). The minimum absolute atomic E-state index is 0.0618. The summed E-state index contributed by atoms with van der Waals surface area (Å²) in [6, 6.07) is 5.01. The van der Waals surface area contributed by atoms with Crippen LogP contribution in [0.4, 0.5) is 5.69 Å². The fourth-order valence-corrected chi connectivity index (χ4v) is 2.15. The Balaban J connectivity index is 2.14. The Kier molecular flexibility index (Phi) is 4.20. The van der Waals surface area contributed by atoms with Crippen LogP contribution in [0.3, 0.4) is 0 Å². The molecule has 2 rings (SSSR count). The average molecular weight is 274 g/mol. The Bertz CT molecular complexity index is 566. The number of carbonyl (C=O) groups is 2. The van der Waals surface area contributed by atoms with Crippen molar-refractivity contribution in [2.24, 2.45) is 11.7 Å². The summed E-state index contributed by atoms with van der Waals surface area (Å²) in [7, 11) is 1.32. The first-order valence-electron chi connectivity index (χ1n) is 6.45. The Morgan fingerprint density at radius 3 is 2.70 bits per heavy atom. The minimum Gasteiger partial charge on any atom is -0.465 e. The highest BCUT2D eigenvalue weighted by Crippen LogP contribution is 2.22. The van der Waals surface area contributed by atoms with E-state index in [1.54, 1.807) is 18.2 Å². The number of rotatable bonds is 3. The number of methoxy groups -OCH3 is 1. The first-order chi connectivity index (χ1) is 9.51. The molecule has 0 aliphatic heterocycles. The van der Waals surface area contributed by atoms with Gasteiger partial charge in [-0.2, -0.15) is 0 Å². The van der Waals surface area contributed by atoms with Crippen molar-refractivity contribution in [1.29, 1.82) is 0 Å². The highest BCUT2D eigenvalue weighted by atomic mass is 16.5. The molecule has 1 amide bonds. The first-order valence-corrected chi connectivity index (χ1v) is 6.45. The van der Waals surface area contributed by atoms with Crippen molar-refractivity contribution in [3.63, 3.8) is 0 Å². The molecule has 0 aromatic heterocycles. The lowest BCUT2D eigenvalue weighted by Crippen LogP contribution is -2.24. The van der Waals surface area contributed by atoms with Crippen LogP contribution in [0, 0.1) is 12.8 Å². The third-order valence-corrected chi connectivity index (χ3v) is 3.37. The molecule has 5 nitrogen and oxygen atoms in total. The highest BCUT2D eigenvalue weighted by Gasteiger charge is 2.23. The molecule has 0 saturated heterocycles. The SMILES string of the molecule is COC(=O)c1ccc(C)c(NC(=O)C2C=CC(N)C2)c1.